The Morgan fingerprint density at radius 2 is 1.92 bits per heavy atom. The molecule has 2 heterocycles. The standard InChI is InChI=1S/C19H28N4O/c1-16-3-5-17(6-4-16)14-23-9-8-22(15-19(23)7-10-24)13-18-11-20-21(2)12-18/h3-6,11-12,19,24H,7-10,13-15H2,1-2H3/t19-/m0/s1. The summed E-state index contributed by atoms with van der Waals surface area (Å²) >= 11 is 0. The number of aromatic nitrogens is 2. The third-order valence-corrected chi connectivity index (χ3v) is 4.82. The van der Waals surface area contributed by atoms with E-state index < -0.39 is 0 Å². The van der Waals surface area contributed by atoms with Crippen LogP contribution in [0.1, 0.15) is 23.1 Å². The summed E-state index contributed by atoms with van der Waals surface area (Å²) in [5.74, 6) is 0. The number of hydrogen-bond acceptors (Lipinski definition) is 4. The van der Waals surface area contributed by atoms with E-state index in [1.165, 1.54) is 16.7 Å². The largest absolute Gasteiger partial charge is 0.396 e. The van der Waals surface area contributed by atoms with Gasteiger partial charge in [0, 0.05) is 64.2 Å². The second-order valence-electron chi connectivity index (χ2n) is 6.88. The first-order chi connectivity index (χ1) is 11.6. The number of hydrogen-bond donors (Lipinski definition) is 1. The van der Waals surface area contributed by atoms with Crippen molar-refractivity contribution in [2.75, 3.05) is 26.2 Å². The molecule has 1 saturated heterocycles. The average Bonchev–Trinajstić information content (AvgIpc) is 2.97. The van der Waals surface area contributed by atoms with Gasteiger partial charge in [0.15, 0.2) is 0 Å². The molecule has 5 nitrogen and oxygen atoms in total. The van der Waals surface area contributed by atoms with Gasteiger partial charge in [0.25, 0.3) is 0 Å². The van der Waals surface area contributed by atoms with Crippen molar-refractivity contribution in [3.05, 3.63) is 53.3 Å². The quantitative estimate of drug-likeness (QED) is 0.878. The number of nitrogens with zero attached hydrogens (tertiary/aromatic N) is 4. The second-order valence-corrected chi connectivity index (χ2v) is 6.88. The summed E-state index contributed by atoms with van der Waals surface area (Å²) in [7, 11) is 1.96. The Balaban J connectivity index is 1.61. The maximum atomic E-state index is 9.46. The fourth-order valence-electron chi connectivity index (χ4n) is 3.47. The Morgan fingerprint density at radius 1 is 1.12 bits per heavy atom. The van der Waals surface area contributed by atoms with Crippen LogP contribution in [0.2, 0.25) is 0 Å². The van der Waals surface area contributed by atoms with Gasteiger partial charge in [0.05, 0.1) is 6.20 Å². The van der Waals surface area contributed by atoms with Crippen molar-refractivity contribution in [1.29, 1.82) is 0 Å². The fourth-order valence-corrected chi connectivity index (χ4v) is 3.47. The summed E-state index contributed by atoms with van der Waals surface area (Å²) in [6.07, 6.45) is 4.86. The molecule has 1 N–H and O–H groups in total. The third-order valence-electron chi connectivity index (χ3n) is 4.82. The molecule has 0 radical (unpaired) electrons. The lowest BCUT2D eigenvalue weighted by molar-refractivity contribution is 0.0500. The normalized spacial score (nSPS) is 19.7. The lowest BCUT2D eigenvalue weighted by Crippen LogP contribution is -2.52. The minimum atomic E-state index is 0.246. The van der Waals surface area contributed by atoms with Gasteiger partial charge >= 0.3 is 0 Å². The molecular weight excluding hydrogens is 300 g/mol. The van der Waals surface area contributed by atoms with Crippen molar-refractivity contribution in [1.82, 2.24) is 19.6 Å². The first-order valence-electron chi connectivity index (χ1n) is 8.74. The van der Waals surface area contributed by atoms with E-state index in [0.717, 1.165) is 39.1 Å². The number of benzene rings is 1. The van der Waals surface area contributed by atoms with Crippen LogP contribution in [-0.2, 0) is 20.1 Å². The van der Waals surface area contributed by atoms with Crippen LogP contribution in [0.25, 0.3) is 0 Å². The van der Waals surface area contributed by atoms with Crippen molar-refractivity contribution >= 4 is 0 Å². The van der Waals surface area contributed by atoms with Gasteiger partial charge in [-0.3, -0.25) is 14.5 Å². The van der Waals surface area contributed by atoms with E-state index in [2.05, 4.69) is 52.3 Å². The van der Waals surface area contributed by atoms with Gasteiger partial charge in [-0.2, -0.15) is 5.10 Å². The van der Waals surface area contributed by atoms with Crippen molar-refractivity contribution in [2.45, 2.75) is 32.5 Å². The molecule has 0 saturated carbocycles. The molecule has 1 atom stereocenters. The lowest BCUT2D eigenvalue weighted by atomic mass is 10.1. The Bertz CT molecular complexity index is 637. The van der Waals surface area contributed by atoms with E-state index in [4.69, 9.17) is 0 Å². The monoisotopic (exact) mass is 328 g/mol. The minimum absolute atomic E-state index is 0.246. The molecule has 1 aromatic carbocycles. The number of rotatable bonds is 6. The van der Waals surface area contributed by atoms with Gasteiger partial charge in [-0.1, -0.05) is 29.8 Å². The smallest absolute Gasteiger partial charge is 0.0534 e. The summed E-state index contributed by atoms with van der Waals surface area (Å²) in [4.78, 5) is 4.99. The van der Waals surface area contributed by atoms with Crippen LogP contribution in [0.5, 0.6) is 0 Å². The van der Waals surface area contributed by atoms with E-state index >= 15 is 0 Å². The van der Waals surface area contributed by atoms with Gasteiger partial charge in [-0.15, -0.1) is 0 Å². The van der Waals surface area contributed by atoms with Crippen molar-refractivity contribution < 1.29 is 5.11 Å². The van der Waals surface area contributed by atoms with Crippen LogP contribution in [0, 0.1) is 6.92 Å². The van der Waals surface area contributed by atoms with Crippen LogP contribution in [0.3, 0.4) is 0 Å². The number of piperazine rings is 1. The van der Waals surface area contributed by atoms with E-state index in [9.17, 15) is 5.11 Å². The topological polar surface area (TPSA) is 44.5 Å². The van der Waals surface area contributed by atoms with Gasteiger partial charge in [-0.25, -0.2) is 0 Å². The molecule has 3 rings (SSSR count). The summed E-state index contributed by atoms with van der Waals surface area (Å²) in [5, 5.41) is 13.7. The van der Waals surface area contributed by atoms with Crippen molar-refractivity contribution in [2.24, 2.45) is 7.05 Å². The summed E-state index contributed by atoms with van der Waals surface area (Å²) in [5.41, 5.74) is 3.91. The lowest BCUT2D eigenvalue weighted by Gasteiger charge is -2.41. The minimum Gasteiger partial charge on any atom is -0.396 e. The van der Waals surface area contributed by atoms with E-state index in [1.807, 2.05) is 17.9 Å². The molecule has 0 spiro atoms. The van der Waals surface area contributed by atoms with E-state index in [-0.39, 0.29) is 6.61 Å². The van der Waals surface area contributed by atoms with E-state index in [0.29, 0.717) is 6.04 Å². The van der Waals surface area contributed by atoms with Crippen molar-refractivity contribution in [3.8, 4) is 0 Å². The molecule has 130 valence electrons. The second kappa shape index (κ2) is 7.92. The van der Waals surface area contributed by atoms with Crippen LogP contribution < -0.4 is 0 Å². The predicted molar refractivity (Wildman–Crippen MR) is 95.6 cm³/mol. The molecule has 1 fully saturated rings. The highest BCUT2D eigenvalue weighted by Gasteiger charge is 2.26. The van der Waals surface area contributed by atoms with E-state index in [1.54, 1.807) is 0 Å². The molecular formula is C19H28N4O. The Morgan fingerprint density at radius 3 is 2.58 bits per heavy atom. The zero-order chi connectivity index (χ0) is 16.9. The highest BCUT2D eigenvalue weighted by atomic mass is 16.3. The molecule has 5 heteroatoms. The zero-order valence-electron chi connectivity index (χ0n) is 14.7. The molecule has 1 aromatic heterocycles. The molecule has 0 bridgehead atoms. The highest BCUT2D eigenvalue weighted by Crippen LogP contribution is 2.18. The van der Waals surface area contributed by atoms with Crippen molar-refractivity contribution in [3.63, 3.8) is 0 Å². The Kier molecular flexibility index (Phi) is 5.66. The third kappa shape index (κ3) is 4.44. The van der Waals surface area contributed by atoms with Gasteiger partial charge < -0.3 is 5.11 Å². The molecule has 0 amide bonds. The van der Waals surface area contributed by atoms with Crippen LogP contribution in [-0.4, -0.2) is 57.0 Å². The Labute approximate surface area is 144 Å². The van der Waals surface area contributed by atoms with Gasteiger partial charge in [0.2, 0.25) is 0 Å². The molecule has 0 unspecified atom stereocenters. The summed E-state index contributed by atoms with van der Waals surface area (Å²) in [6.45, 7) is 7.37. The Hall–Kier alpha value is -1.69. The molecule has 24 heavy (non-hydrogen) atoms. The van der Waals surface area contributed by atoms with Crippen LogP contribution in [0.15, 0.2) is 36.7 Å². The highest BCUT2D eigenvalue weighted by molar-refractivity contribution is 5.21. The van der Waals surface area contributed by atoms with Gasteiger partial charge in [-0.05, 0) is 18.9 Å². The predicted octanol–water partition coefficient (Wildman–Crippen LogP) is 1.80. The maximum absolute atomic E-state index is 9.46. The molecule has 1 aliphatic rings. The molecule has 1 aliphatic heterocycles. The fraction of sp³-hybridized carbons (Fsp3) is 0.526. The molecule has 0 aliphatic carbocycles. The average molecular weight is 328 g/mol. The van der Waals surface area contributed by atoms with Crippen LogP contribution >= 0.6 is 0 Å². The summed E-state index contributed by atoms with van der Waals surface area (Å²) in [6, 6.07) is 9.19. The van der Waals surface area contributed by atoms with Crippen LogP contribution in [0.4, 0.5) is 0 Å². The number of aryl methyl sites for hydroxylation is 2. The SMILES string of the molecule is Cc1ccc(CN2CCN(Cc3cnn(C)c3)C[C@@H]2CCO)cc1. The zero-order valence-corrected chi connectivity index (χ0v) is 14.7. The summed E-state index contributed by atoms with van der Waals surface area (Å²) < 4.78 is 1.86. The molecule has 2 aromatic rings. The number of aliphatic hydroxyl groups excluding tert-OH is 1. The first kappa shape index (κ1) is 17.1. The first-order valence-corrected chi connectivity index (χ1v) is 8.74. The number of aliphatic hydroxyl groups is 1. The maximum Gasteiger partial charge on any atom is 0.0534 e. The van der Waals surface area contributed by atoms with Gasteiger partial charge in [0.1, 0.15) is 0 Å².